The van der Waals surface area contributed by atoms with Crippen LogP contribution < -0.4 is 10.6 Å². The van der Waals surface area contributed by atoms with E-state index in [4.69, 9.17) is 0 Å². The molecule has 1 aromatic carbocycles. The molecule has 110 valence electrons. The minimum absolute atomic E-state index is 0.0768. The van der Waals surface area contributed by atoms with Crippen molar-refractivity contribution in [1.82, 2.24) is 15.6 Å². The zero-order valence-corrected chi connectivity index (χ0v) is 12.8. The van der Waals surface area contributed by atoms with Crippen molar-refractivity contribution in [1.29, 1.82) is 0 Å². The molecule has 1 unspecified atom stereocenters. The van der Waals surface area contributed by atoms with Gasteiger partial charge in [0.15, 0.2) is 0 Å². The van der Waals surface area contributed by atoms with E-state index in [0.717, 1.165) is 18.0 Å². The van der Waals surface area contributed by atoms with Gasteiger partial charge in [-0.25, -0.2) is 4.98 Å². The summed E-state index contributed by atoms with van der Waals surface area (Å²) >= 11 is 1.63. The van der Waals surface area contributed by atoms with Gasteiger partial charge in [0.25, 0.3) is 0 Å². The Labute approximate surface area is 128 Å². The summed E-state index contributed by atoms with van der Waals surface area (Å²) in [6, 6.07) is 8.15. The molecular weight excluding hydrogens is 282 g/mol. The molecule has 1 aromatic heterocycles. The highest BCUT2D eigenvalue weighted by molar-refractivity contribution is 7.09. The Morgan fingerprint density at radius 2 is 2.29 bits per heavy atom. The Balaban J connectivity index is 1.55. The minimum Gasteiger partial charge on any atom is -0.354 e. The molecule has 1 amide bonds. The molecule has 1 aliphatic heterocycles. The number of hydrogen-bond donors (Lipinski definition) is 2. The molecule has 21 heavy (non-hydrogen) atoms. The average Bonchev–Trinajstić information content (AvgIpc) is 3.06. The first-order valence-corrected chi connectivity index (χ1v) is 8.09. The van der Waals surface area contributed by atoms with E-state index in [9.17, 15) is 4.79 Å². The summed E-state index contributed by atoms with van der Waals surface area (Å²) in [5.41, 5.74) is 2.56. The number of amides is 1. The van der Waals surface area contributed by atoms with Crippen LogP contribution >= 0.6 is 11.3 Å². The van der Waals surface area contributed by atoms with Gasteiger partial charge in [-0.2, -0.15) is 0 Å². The summed E-state index contributed by atoms with van der Waals surface area (Å²) in [5.74, 6) is 0.331. The van der Waals surface area contributed by atoms with Crippen molar-refractivity contribution >= 4 is 17.2 Å². The fraction of sp³-hybridized carbons (Fsp3) is 0.375. The monoisotopic (exact) mass is 301 g/mol. The first-order chi connectivity index (χ1) is 10.2. The molecule has 0 aliphatic carbocycles. The van der Waals surface area contributed by atoms with Crippen molar-refractivity contribution in [3.63, 3.8) is 0 Å². The predicted octanol–water partition coefficient (Wildman–Crippen LogP) is 2.08. The van der Waals surface area contributed by atoms with Crippen molar-refractivity contribution in [2.24, 2.45) is 0 Å². The number of nitrogens with zero attached hydrogens (tertiary/aromatic N) is 1. The zero-order valence-electron chi connectivity index (χ0n) is 12.0. The Bertz CT molecular complexity index is 612. The van der Waals surface area contributed by atoms with Crippen molar-refractivity contribution in [2.45, 2.75) is 31.8 Å². The maximum absolute atomic E-state index is 12.3. The van der Waals surface area contributed by atoms with Gasteiger partial charge in [-0.15, -0.1) is 11.3 Å². The van der Waals surface area contributed by atoms with Gasteiger partial charge in [0, 0.05) is 30.6 Å². The number of hydrogen-bond acceptors (Lipinski definition) is 4. The third-order valence-electron chi connectivity index (χ3n) is 3.85. The third-order valence-corrected chi connectivity index (χ3v) is 4.86. The SMILES string of the molecule is CC(CNC(=O)[C@@H]1Cc2ccccc2CN1)c1nccs1. The number of rotatable bonds is 4. The highest BCUT2D eigenvalue weighted by atomic mass is 32.1. The van der Waals surface area contributed by atoms with Crippen LogP contribution in [-0.2, 0) is 17.8 Å². The summed E-state index contributed by atoms with van der Waals surface area (Å²) in [5, 5.41) is 9.38. The maximum Gasteiger partial charge on any atom is 0.237 e. The van der Waals surface area contributed by atoms with E-state index < -0.39 is 0 Å². The van der Waals surface area contributed by atoms with Crippen molar-refractivity contribution in [3.05, 3.63) is 52.0 Å². The number of fused-ring (bicyclic) bond motifs is 1. The normalized spacial score (nSPS) is 18.8. The van der Waals surface area contributed by atoms with Gasteiger partial charge in [0.1, 0.15) is 0 Å². The molecule has 0 bridgehead atoms. The van der Waals surface area contributed by atoms with Gasteiger partial charge < -0.3 is 10.6 Å². The quantitative estimate of drug-likeness (QED) is 0.909. The highest BCUT2D eigenvalue weighted by Crippen LogP contribution is 2.18. The average molecular weight is 301 g/mol. The molecule has 3 rings (SSSR count). The second kappa shape index (κ2) is 6.37. The Hall–Kier alpha value is -1.72. The molecule has 2 N–H and O–H groups in total. The fourth-order valence-corrected chi connectivity index (χ4v) is 3.28. The molecule has 0 radical (unpaired) electrons. The second-order valence-corrected chi connectivity index (χ2v) is 6.35. The van der Waals surface area contributed by atoms with E-state index in [1.54, 1.807) is 17.5 Å². The highest BCUT2D eigenvalue weighted by Gasteiger charge is 2.24. The van der Waals surface area contributed by atoms with Crippen LogP contribution in [-0.4, -0.2) is 23.5 Å². The molecule has 0 saturated carbocycles. The number of benzene rings is 1. The summed E-state index contributed by atoms with van der Waals surface area (Å²) in [6.07, 6.45) is 2.56. The summed E-state index contributed by atoms with van der Waals surface area (Å²) in [7, 11) is 0. The van der Waals surface area contributed by atoms with Crippen molar-refractivity contribution < 1.29 is 4.79 Å². The molecule has 1 aliphatic rings. The first kappa shape index (κ1) is 14.2. The van der Waals surface area contributed by atoms with Gasteiger partial charge in [-0.05, 0) is 17.5 Å². The Morgan fingerprint density at radius 3 is 3.05 bits per heavy atom. The Kier molecular flexibility index (Phi) is 4.31. The van der Waals surface area contributed by atoms with Crippen molar-refractivity contribution in [3.8, 4) is 0 Å². The lowest BCUT2D eigenvalue weighted by atomic mass is 9.95. The van der Waals surface area contributed by atoms with Crippen LogP contribution in [0.5, 0.6) is 0 Å². The van der Waals surface area contributed by atoms with Gasteiger partial charge in [0.2, 0.25) is 5.91 Å². The molecule has 4 nitrogen and oxygen atoms in total. The summed E-state index contributed by atoms with van der Waals surface area (Å²) in [6.45, 7) is 3.48. The predicted molar refractivity (Wildman–Crippen MR) is 84.3 cm³/mol. The lowest BCUT2D eigenvalue weighted by Crippen LogP contribution is -2.48. The molecule has 0 saturated heterocycles. The van der Waals surface area contributed by atoms with Crippen LogP contribution in [0, 0.1) is 0 Å². The van der Waals surface area contributed by atoms with Crippen LogP contribution in [0.4, 0.5) is 0 Å². The van der Waals surface area contributed by atoms with Gasteiger partial charge in [-0.1, -0.05) is 31.2 Å². The summed E-state index contributed by atoms with van der Waals surface area (Å²) in [4.78, 5) is 16.6. The van der Waals surface area contributed by atoms with E-state index in [1.807, 2.05) is 17.5 Å². The van der Waals surface area contributed by atoms with E-state index >= 15 is 0 Å². The molecule has 2 aromatic rings. The molecular formula is C16H19N3OS. The van der Waals surface area contributed by atoms with Crippen LogP contribution in [0.2, 0.25) is 0 Å². The largest absolute Gasteiger partial charge is 0.354 e. The topological polar surface area (TPSA) is 54.0 Å². The van der Waals surface area contributed by atoms with E-state index in [2.05, 4.69) is 34.7 Å². The van der Waals surface area contributed by atoms with Crippen LogP contribution in [0.1, 0.15) is 29.0 Å². The lowest BCUT2D eigenvalue weighted by molar-refractivity contribution is -0.123. The minimum atomic E-state index is -0.136. The number of carbonyl (C=O) groups excluding carboxylic acids is 1. The maximum atomic E-state index is 12.3. The number of thiazole rings is 1. The molecule has 0 fully saturated rings. The molecule has 5 heteroatoms. The van der Waals surface area contributed by atoms with Crippen LogP contribution in [0.15, 0.2) is 35.8 Å². The molecule has 0 spiro atoms. The molecule has 2 heterocycles. The van der Waals surface area contributed by atoms with Gasteiger partial charge in [-0.3, -0.25) is 4.79 Å². The Morgan fingerprint density at radius 1 is 1.48 bits per heavy atom. The molecule has 2 atom stereocenters. The van der Waals surface area contributed by atoms with Gasteiger partial charge in [0.05, 0.1) is 11.0 Å². The van der Waals surface area contributed by atoms with Crippen LogP contribution in [0.25, 0.3) is 0 Å². The third kappa shape index (κ3) is 3.31. The number of carbonyl (C=O) groups is 1. The lowest BCUT2D eigenvalue weighted by Gasteiger charge is -2.25. The van der Waals surface area contributed by atoms with Gasteiger partial charge >= 0.3 is 0 Å². The number of nitrogens with one attached hydrogen (secondary N) is 2. The summed E-state index contributed by atoms with van der Waals surface area (Å²) < 4.78 is 0. The fourth-order valence-electron chi connectivity index (χ4n) is 2.58. The second-order valence-electron chi connectivity index (χ2n) is 5.42. The van der Waals surface area contributed by atoms with E-state index in [1.165, 1.54) is 11.1 Å². The van der Waals surface area contributed by atoms with E-state index in [-0.39, 0.29) is 17.9 Å². The van der Waals surface area contributed by atoms with E-state index in [0.29, 0.717) is 6.54 Å². The number of aromatic nitrogens is 1. The standard InChI is InChI=1S/C16H19N3OS/c1-11(16-17-6-7-21-16)9-19-15(20)14-8-12-4-2-3-5-13(12)10-18-14/h2-7,11,14,18H,8-10H2,1H3,(H,19,20)/t11?,14-/m0/s1. The van der Waals surface area contributed by atoms with Crippen LogP contribution in [0.3, 0.4) is 0 Å². The zero-order chi connectivity index (χ0) is 14.7. The first-order valence-electron chi connectivity index (χ1n) is 7.21. The van der Waals surface area contributed by atoms with Crippen molar-refractivity contribution in [2.75, 3.05) is 6.54 Å². The smallest absolute Gasteiger partial charge is 0.237 e.